The molecular formula is C12H13NO. The number of pyridine rings is 1. The van der Waals surface area contributed by atoms with Gasteiger partial charge in [0, 0.05) is 6.20 Å². The molecule has 1 aromatic heterocycles. The molecule has 0 aliphatic rings. The molecular weight excluding hydrogens is 174 g/mol. The van der Waals surface area contributed by atoms with Crippen molar-refractivity contribution in [1.82, 2.24) is 4.98 Å². The number of hydrogen-bond acceptors (Lipinski definition) is 1. The maximum Gasteiger partial charge on any atom is 0.256 e. The first-order chi connectivity index (χ1) is 6.74. The Hall–Kier alpha value is -1.57. The van der Waals surface area contributed by atoms with Gasteiger partial charge in [0.1, 0.15) is 0 Å². The second-order valence-electron chi connectivity index (χ2n) is 3.49. The van der Waals surface area contributed by atoms with Gasteiger partial charge in [-0.25, -0.2) is 0 Å². The van der Waals surface area contributed by atoms with Crippen LogP contribution in [0.5, 0.6) is 0 Å². The summed E-state index contributed by atoms with van der Waals surface area (Å²) in [5.74, 6) is 0. The average molecular weight is 187 g/mol. The number of aromatic nitrogens is 1. The van der Waals surface area contributed by atoms with E-state index in [0.717, 1.165) is 22.8 Å². The van der Waals surface area contributed by atoms with Crippen LogP contribution in [0, 0.1) is 6.92 Å². The van der Waals surface area contributed by atoms with Crippen LogP contribution in [0.3, 0.4) is 0 Å². The third kappa shape index (κ3) is 1.23. The molecule has 0 aliphatic heterocycles. The average Bonchev–Trinajstić information content (AvgIpc) is 2.19. The van der Waals surface area contributed by atoms with E-state index in [2.05, 4.69) is 18.0 Å². The zero-order valence-electron chi connectivity index (χ0n) is 8.42. The number of benzene rings is 1. The Morgan fingerprint density at radius 1 is 1.29 bits per heavy atom. The van der Waals surface area contributed by atoms with Crippen molar-refractivity contribution in [3.63, 3.8) is 0 Å². The lowest BCUT2D eigenvalue weighted by Gasteiger charge is -2.06. The topological polar surface area (TPSA) is 32.9 Å². The second-order valence-corrected chi connectivity index (χ2v) is 3.49. The Balaban J connectivity index is 2.99. The third-order valence-electron chi connectivity index (χ3n) is 2.64. The van der Waals surface area contributed by atoms with Gasteiger partial charge in [-0.3, -0.25) is 4.79 Å². The molecule has 0 fully saturated rings. The van der Waals surface area contributed by atoms with Crippen LogP contribution in [-0.4, -0.2) is 4.98 Å². The summed E-state index contributed by atoms with van der Waals surface area (Å²) in [6.45, 7) is 4.12. The van der Waals surface area contributed by atoms with Gasteiger partial charge in [-0.15, -0.1) is 0 Å². The first kappa shape index (κ1) is 9.00. The van der Waals surface area contributed by atoms with Gasteiger partial charge in [0.05, 0.1) is 5.39 Å². The molecule has 14 heavy (non-hydrogen) atoms. The van der Waals surface area contributed by atoms with Gasteiger partial charge in [0.2, 0.25) is 0 Å². The minimum Gasteiger partial charge on any atom is -0.329 e. The van der Waals surface area contributed by atoms with E-state index in [9.17, 15) is 4.79 Å². The Kier molecular flexibility index (Phi) is 2.12. The highest BCUT2D eigenvalue weighted by Crippen LogP contribution is 2.18. The van der Waals surface area contributed by atoms with Crippen LogP contribution in [0.25, 0.3) is 10.8 Å². The van der Waals surface area contributed by atoms with E-state index >= 15 is 0 Å². The Bertz CT molecular complexity index is 525. The van der Waals surface area contributed by atoms with E-state index in [1.165, 1.54) is 5.56 Å². The van der Waals surface area contributed by atoms with E-state index in [-0.39, 0.29) is 5.56 Å². The van der Waals surface area contributed by atoms with Gasteiger partial charge < -0.3 is 4.98 Å². The first-order valence-electron chi connectivity index (χ1n) is 4.84. The molecule has 0 bridgehead atoms. The van der Waals surface area contributed by atoms with Crippen molar-refractivity contribution in [2.45, 2.75) is 20.3 Å². The van der Waals surface area contributed by atoms with Crippen molar-refractivity contribution < 1.29 is 0 Å². The lowest BCUT2D eigenvalue weighted by atomic mass is 9.99. The van der Waals surface area contributed by atoms with Gasteiger partial charge in [-0.1, -0.05) is 19.1 Å². The number of aromatic amines is 1. The molecule has 0 saturated heterocycles. The van der Waals surface area contributed by atoms with Gasteiger partial charge >= 0.3 is 0 Å². The molecule has 0 spiro atoms. The van der Waals surface area contributed by atoms with Crippen LogP contribution >= 0.6 is 0 Å². The van der Waals surface area contributed by atoms with Gasteiger partial charge in [-0.2, -0.15) is 0 Å². The van der Waals surface area contributed by atoms with E-state index in [0.29, 0.717) is 0 Å². The summed E-state index contributed by atoms with van der Waals surface area (Å²) >= 11 is 0. The molecule has 1 aromatic carbocycles. The lowest BCUT2D eigenvalue weighted by molar-refractivity contribution is 1.12. The van der Waals surface area contributed by atoms with Gasteiger partial charge in [0.15, 0.2) is 0 Å². The van der Waals surface area contributed by atoms with E-state index in [1.807, 2.05) is 19.1 Å². The first-order valence-corrected chi connectivity index (χ1v) is 4.84. The number of hydrogen-bond donors (Lipinski definition) is 1. The molecule has 72 valence electrons. The van der Waals surface area contributed by atoms with Crippen molar-refractivity contribution in [1.29, 1.82) is 0 Å². The normalized spacial score (nSPS) is 10.7. The van der Waals surface area contributed by atoms with Crippen LogP contribution in [0.15, 0.2) is 29.2 Å². The fraction of sp³-hybridized carbons (Fsp3) is 0.250. The van der Waals surface area contributed by atoms with Crippen LogP contribution in [-0.2, 0) is 6.42 Å². The summed E-state index contributed by atoms with van der Waals surface area (Å²) in [6.07, 6.45) is 2.59. The third-order valence-corrected chi connectivity index (χ3v) is 2.64. The monoisotopic (exact) mass is 187 g/mol. The Morgan fingerprint density at radius 2 is 2.07 bits per heavy atom. The maximum atomic E-state index is 11.7. The molecule has 0 atom stereocenters. The zero-order valence-corrected chi connectivity index (χ0v) is 8.42. The molecule has 2 aromatic rings. The fourth-order valence-corrected chi connectivity index (χ4v) is 1.91. The number of H-pyrrole nitrogens is 1. The predicted molar refractivity (Wildman–Crippen MR) is 58.7 cm³/mol. The van der Waals surface area contributed by atoms with Crippen molar-refractivity contribution >= 4 is 10.8 Å². The summed E-state index contributed by atoms with van der Waals surface area (Å²) in [4.78, 5) is 14.4. The molecule has 1 N–H and O–H groups in total. The zero-order chi connectivity index (χ0) is 10.1. The van der Waals surface area contributed by atoms with Crippen LogP contribution in [0.2, 0.25) is 0 Å². The minimum atomic E-state index is 0.0167. The summed E-state index contributed by atoms with van der Waals surface area (Å²) < 4.78 is 0. The smallest absolute Gasteiger partial charge is 0.256 e. The Morgan fingerprint density at radius 3 is 2.79 bits per heavy atom. The summed E-state index contributed by atoms with van der Waals surface area (Å²) in [6, 6.07) is 6.01. The van der Waals surface area contributed by atoms with Crippen molar-refractivity contribution in [2.24, 2.45) is 0 Å². The van der Waals surface area contributed by atoms with Crippen molar-refractivity contribution in [3.8, 4) is 0 Å². The van der Waals surface area contributed by atoms with Gasteiger partial charge in [0.25, 0.3) is 5.56 Å². The van der Waals surface area contributed by atoms with Crippen LogP contribution < -0.4 is 5.56 Å². The molecule has 0 radical (unpaired) electrons. The molecule has 0 aliphatic carbocycles. The van der Waals surface area contributed by atoms with E-state index in [4.69, 9.17) is 0 Å². The largest absolute Gasteiger partial charge is 0.329 e. The quantitative estimate of drug-likeness (QED) is 0.730. The highest BCUT2D eigenvalue weighted by atomic mass is 16.1. The number of aryl methyl sites for hydroxylation is 2. The molecule has 0 unspecified atom stereocenters. The molecule has 2 rings (SSSR count). The highest BCUT2D eigenvalue weighted by Gasteiger charge is 2.05. The van der Waals surface area contributed by atoms with E-state index < -0.39 is 0 Å². The molecule has 0 saturated carbocycles. The number of nitrogens with one attached hydrogen (secondary N) is 1. The number of rotatable bonds is 1. The predicted octanol–water partition coefficient (Wildman–Crippen LogP) is 2.40. The van der Waals surface area contributed by atoms with Crippen LogP contribution in [0.1, 0.15) is 18.1 Å². The molecule has 1 heterocycles. The minimum absolute atomic E-state index is 0.0167. The molecule has 2 heteroatoms. The molecule has 2 nitrogen and oxygen atoms in total. The summed E-state index contributed by atoms with van der Waals surface area (Å²) in [5.41, 5.74) is 2.36. The van der Waals surface area contributed by atoms with Crippen LogP contribution in [0.4, 0.5) is 0 Å². The highest BCUT2D eigenvalue weighted by molar-refractivity contribution is 5.85. The number of fused-ring (bicyclic) bond motifs is 1. The summed E-state index contributed by atoms with van der Waals surface area (Å²) in [5, 5.41) is 1.87. The maximum absolute atomic E-state index is 11.7. The summed E-state index contributed by atoms with van der Waals surface area (Å²) in [7, 11) is 0. The lowest BCUT2D eigenvalue weighted by Crippen LogP contribution is -2.07. The molecule has 0 amide bonds. The van der Waals surface area contributed by atoms with Gasteiger partial charge in [-0.05, 0) is 35.9 Å². The fourth-order valence-electron chi connectivity index (χ4n) is 1.91. The van der Waals surface area contributed by atoms with E-state index in [1.54, 1.807) is 6.20 Å². The SMILES string of the molecule is CCc1c(C)ccc2cc[nH]c(=O)c12. The van der Waals surface area contributed by atoms with Crippen molar-refractivity contribution in [3.05, 3.63) is 45.9 Å². The standard InChI is InChI=1S/C12H13NO/c1-3-10-8(2)4-5-9-6-7-13-12(14)11(9)10/h4-7H,3H2,1-2H3,(H,13,14). The van der Waals surface area contributed by atoms with Crippen molar-refractivity contribution in [2.75, 3.05) is 0 Å². The second kappa shape index (κ2) is 3.29. The Labute approximate surface area is 82.6 Å².